The number of ether oxygens (including phenoxy) is 1. The van der Waals surface area contributed by atoms with Gasteiger partial charge < -0.3 is 24.4 Å². The van der Waals surface area contributed by atoms with Crippen molar-refractivity contribution in [3.63, 3.8) is 0 Å². The molecule has 1 aromatic heterocycles. The van der Waals surface area contributed by atoms with Crippen LogP contribution < -0.4 is 20.9 Å². The van der Waals surface area contributed by atoms with Crippen molar-refractivity contribution in [2.45, 2.75) is 75.6 Å². The third-order valence-electron chi connectivity index (χ3n) is 11.7. The molecular formula is C42H43F7N6O5. The molecule has 11 nitrogen and oxygen atoms in total. The van der Waals surface area contributed by atoms with Gasteiger partial charge in [-0.3, -0.25) is 24.6 Å². The molecule has 7 rings (SSSR count). The number of nitrogens with zero attached hydrogens (tertiary/aromatic N) is 4. The highest BCUT2D eigenvalue weighted by Crippen LogP contribution is 2.41. The van der Waals surface area contributed by atoms with Crippen molar-refractivity contribution >= 4 is 34.3 Å². The largest absolute Gasteiger partial charge is 0.573 e. The minimum atomic E-state index is -5.00. The fourth-order valence-electron chi connectivity index (χ4n) is 8.49. The van der Waals surface area contributed by atoms with Crippen LogP contribution in [0.4, 0.5) is 41.2 Å². The van der Waals surface area contributed by atoms with E-state index in [2.05, 4.69) is 15.4 Å². The summed E-state index contributed by atoms with van der Waals surface area (Å²) in [6.07, 6.45) is -6.34. The van der Waals surface area contributed by atoms with Crippen molar-refractivity contribution in [3.8, 4) is 16.9 Å². The van der Waals surface area contributed by atoms with Gasteiger partial charge in [0.2, 0.25) is 11.8 Å². The number of urea groups is 1. The fraction of sp³-hybridized carbons (Fsp3) is 0.429. The van der Waals surface area contributed by atoms with Crippen molar-refractivity contribution in [1.82, 2.24) is 24.6 Å². The summed E-state index contributed by atoms with van der Waals surface area (Å²) < 4.78 is 104. The molecule has 1 unspecified atom stereocenters. The Morgan fingerprint density at radius 2 is 1.60 bits per heavy atom. The van der Waals surface area contributed by atoms with E-state index in [4.69, 9.17) is 0 Å². The van der Waals surface area contributed by atoms with E-state index in [1.807, 2.05) is 4.90 Å². The summed E-state index contributed by atoms with van der Waals surface area (Å²) in [5, 5.41) is 5.45. The zero-order valence-electron chi connectivity index (χ0n) is 32.8. The maximum absolute atomic E-state index is 14.3. The quantitative estimate of drug-likeness (QED) is 0.141. The highest BCUT2D eigenvalue weighted by atomic mass is 19.4. The van der Waals surface area contributed by atoms with Crippen LogP contribution in [0, 0.1) is 5.82 Å². The highest BCUT2D eigenvalue weighted by Gasteiger charge is 2.38. The average molecular weight is 845 g/mol. The van der Waals surface area contributed by atoms with Crippen LogP contribution >= 0.6 is 0 Å². The number of halogens is 7. The van der Waals surface area contributed by atoms with Gasteiger partial charge in [0.1, 0.15) is 17.6 Å². The van der Waals surface area contributed by atoms with Gasteiger partial charge in [-0.2, -0.15) is 13.2 Å². The maximum Gasteiger partial charge on any atom is 0.573 e. The number of hydrogen-bond acceptors (Lipinski definition) is 7. The minimum absolute atomic E-state index is 0.0755. The van der Waals surface area contributed by atoms with Gasteiger partial charge in [0.25, 0.3) is 5.56 Å². The van der Waals surface area contributed by atoms with Crippen molar-refractivity contribution in [2.75, 3.05) is 38.5 Å². The number of fused-ring (bicyclic) bond motifs is 1. The molecule has 0 bridgehead atoms. The van der Waals surface area contributed by atoms with Crippen LogP contribution in [0.15, 0.2) is 65.6 Å². The predicted molar refractivity (Wildman–Crippen MR) is 208 cm³/mol. The van der Waals surface area contributed by atoms with Crippen molar-refractivity contribution < 1.29 is 49.9 Å². The summed E-state index contributed by atoms with van der Waals surface area (Å²) in [6, 6.07) is 10.6. The highest BCUT2D eigenvalue weighted by molar-refractivity contribution is 6.01. The van der Waals surface area contributed by atoms with Crippen LogP contribution in [0.5, 0.6) is 5.75 Å². The molecule has 4 aromatic rings. The molecule has 3 aliphatic heterocycles. The number of carbonyl (C=O) groups is 3. The SMILES string of the molecule is CN(C(=O)N1CCC(c2ccc(NC3CCC(=O)NC3=O)cc2C(F)(F)F)CC1)C1CCN(Cc2ccc(-c3cn(C)c(=O)c4ccc(F)cc34)cc2OC(F)(F)F)CC1. The Balaban J connectivity index is 0.967. The molecular weight excluding hydrogens is 801 g/mol. The average Bonchev–Trinajstić information content (AvgIpc) is 3.20. The third-order valence-corrected chi connectivity index (χ3v) is 11.7. The lowest BCUT2D eigenvalue weighted by molar-refractivity contribution is -0.275. The first-order valence-electron chi connectivity index (χ1n) is 19.6. The molecule has 3 saturated heterocycles. The second kappa shape index (κ2) is 16.8. The molecule has 0 radical (unpaired) electrons. The molecule has 0 saturated carbocycles. The maximum atomic E-state index is 14.3. The van der Waals surface area contributed by atoms with E-state index in [0.29, 0.717) is 49.9 Å². The molecule has 1 atom stereocenters. The summed E-state index contributed by atoms with van der Waals surface area (Å²) in [7, 11) is 3.17. The van der Waals surface area contributed by atoms with Crippen molar-refractivity contribution in [1.29, 1.82) is 0 Å². The van der Waals surface area contributed by atoms with Crippen molar-refractivity contribution in [2.24, 2.45) is 7.05 Å². The number of amides is 4. The van der Waals surface area contributed by atoms with E-state index in [-0.39, 0.29) is 77.7 Å². The molecule has 2 N–H and O–H groups in total. The second-order valence-corrected chi connectivity index (χ2v) is 15.6. The Kier molecular flexibility index (Phi) is 11.9. The van der Waals surface area contributed by atoms with Crippen LogP contribution in [0.2, 0.25) is 0 Å². The molecule has 0 aliphatic carbocycles. The molecule has 3 aliphatic rings. The van der Waals surface area contributed by atoms with Gasteiger partial charge in [-0.25, -0.2) is 9.18 Å². The van der Waals surface area contributed by atoms with E-state index in [9.17, 15) is 49.9 Å². The lowest BCUT2D eigenvalue weighted by atomic mass is 9.86. The first kappa shape index (κ1) is 42.5. The van der Waals surface area contributed by atoms with E-state index < -0.39 is 53.4 Å². The monoisotopic (exact) mass is 844 g/mol. The number of alkyl halides is 6. The van der Waals surface area contributed by atoms with E-state index in [0.717, 1.165) is 12.1 Å². The number of rotatable bonds is 8. The first-order valence-corrected chi connectivity index (χ1v) is 19.6. The molecule has 3 fully saturated rings. The van der Waals surface area contributed by atoms with Gasteiger partial charge >= 0.3 is 18.6 Å². The number of piperidine rings is 3. The zero-order valence-corrected chi connectivity index (χ0v) is 32.8. The minimum Gasteiger partial charge on any atom is -0.405 e. The zero-order chi connectivity index (χ0) is 43.1. The van der Waals surface area contributed by atoms with Crippen LogP contribution in [0.3, 0.4) is 0 Å². The number of likely N-dealkylation sites (tertiary alicyclic amines) is 2. The van der Waals surface area contributed by atoms with Gasteiger partial charge in [-0.15, -0.1) is 13.2 Å². The number of nitrogens with one attached hydrogen (secondary N) is 2. The number of imide groups is 1. The van der Waals surface area contributed by atoms with Gasteiger partial charge in [0.05, 0.1) is 5.56 Å². The smallest absolute Gasteiger partial charge is 0.405 e. The van der Waals surface area contributed by atoms with Gasteiger partial charge in [0, 0.05) is 87.7 Å². The van der Waals surface area contributed by atoms with Gasteiger partial charge in [0.15, 0.2) is 0 Å². The number of aromatic nitrogens is 1. The molecule has 320 valence electrons. The standard InChI is InChI=1S/C42H43F7N6O5/c1-52-23-33(32-20-27(43)5-7-31(32)39(52)58)25-3-4-26(36(19-25)60-42(47,48)49)22-54-15-13-29(14-16-54)53(2)40(59)55-17-11-24(12-18-55)30-8-6-28(21-34(30)41(44,45)46)50-35-9-10-37(56)51-38(35)57/h3-8,19-21,23-24,29,35,50H,9-18,22H2,1-2H3,(H,51,56,57). The van der Waals surface area contributed by atoms with Gasteiger partial charge in [-0.1, -0.05) is 18.2 Å². The number of pyridine rings is 1. The third kappa shape index (κ3) is 9.37. The Labute approximate surface area is 340 Å². The summed E-state index contributed by atoms with van der Waals surface area (Å²) >= 11 is 0. The lowest BCUT2D eigenvalue weighted by Crippen LogP contribution is -2.51. The molecule has 4 amide bonds. The Hall–Kier alpha value is -5.65. The van der Waals surface area contributed by atoms with Crippen molar-refractivity contribution in [3.05, 3.63) is 93.7 Å². The predicted octanol–water partition coefficient (Wildman–Crippen LogP) is 7.37. The molecule has 0 spiro atoms. The molecule has 60 heavy (non-hydrogen) atoms. The van der Waals surface area contributed by atoms with Crippen LogP contribution in [-0.2, 0) is 29.4 Å². The number of aryl methyl sites for hydroxylation is 1. The number of hydrogen-bond donors (Lipinski definition) is 2. The number of carbonyl (C=O) groups excluding carboxylic acids is 3. The molecule has 18 heteroatoms. The normalized spacial score (nSPS) is 18.8. The second-order valence-electron chi connectivity index (χ2n) is 15.6. The summed E-state index contributed by atoms with van der Waals surface area (Å²) in [5.74, 6) is -2.53. The van der Waals surface area contributed by atoms with E-state index in [1.54, 1.807) is 22.9 Å². The number of benzene rings is 3. The topological polar surface area (TPSA) is 116 Å². The summed E-state index contributed by atoms with van der Waals surface area (Å²) in [5.41, 5.74) is -0.0814. The number of anilines is 1. The van der Waals surface area contributed by atoms with Crippen LogP contribution in [0.25, 0.3) is 21.9 Å². The fourth-order valence-corrected chi connectivity index (χ4v) is 8.49. The summed E-state index contributed by atoms with van der Waals surface area (Å²) in [6.45, 7) is 1.50. The van der Waals surface area contributed by atoms with E-state index in [1.165, 1.54) is 54.2 Å². The summed E-state index contributed by atoms with van der Waals surface area (Å²) in [4.78, 5) is 55.2. The molecule has 3 aromatic carbocycles. The van der Waals surface area contributed by atoms with E-state index >= 15 is 0 Å². The Morgan fingerprint density at radius 1 is 0.883 bits per heavy atom. The van der Waals surface area contributed by atoms with Crippen LogP contribution in [-0.4, -0.2) is 88.8 Å². The van der Waals surface area contributed by atoms with Crippen LogP contribution in [0.1, 0.15) is 61.1 Å². The van der Waals surface area contributed by atoms with Gasteiger partial charge in [-0.05, 0) is 90.9 Å². The Bertz CT molecular complexity index is 2350. The Morgan fingerprint density at radius 3 is 2.27 bits per heavy atom. The lowest BCUT2D eigenvalue weighted by Gasteiger charge is -2.41. The molecule has 4 heterocycles. The first-order chi connectivity index (χ1) is 28.3.